The summed E-state index contributed by atoms with van der Waals surface area (Å²) in [7, 11) is -3.09. The molecule has 0 N–H and O–H groups in total. The van der Waals surface area contributed by atoms with Crippen molar-refractivity contribution in [2.24, 2.45) is 11.8 Å². The number of ether oxygens (including phenoxy) is 1. The fourth-order valence-corrected chi connectivity index (χ4v) is 7.49. The number of nitrogens with zero attached hydrogens (tertiary/aromatic N) is 6. The Morgan fingerprint density at radius 2 is 2.03 bits per heavy atom. The number of rotatable bonds is 5. The molecule has 35 heavy (non-hydrogen) atoms. The number of amides is 1. The van der Waals surface area contributed by atoms with Gasteiger partial charge in [-0.2, -0.15) is 0 Å². The van der Waals surface area contributed by atoms with E-state index in [-0.39, 0.29) is 29.9 Å². The Hall–Kier alpha value is -3.85. The number of fused-ring (bicyclic) bond motifs is 1. The first kappa shape index (κ1) is 21.7. The Kier molecular flexibility index (Phi) is 4.69. The number of hydrogen-bond acceptors (Lipinski definition) is 7. The van der Waals surface area contributed by atoms with E-state index in [4.69, 9.17) is 11.3 Å². The summed E-state index contributed by atoms with van der Waals surface area (Å²) in [6, 6.07) is 7.86. The molecule has 4 atom stereocenters. The minimum absolute atomic E-state index is 0.0121. The molecule has 1 amide bonds. The second-order valence-electron chi connectivity index (χ2n) is 9.06. The van der Waals surface area contributed by atoms with E-state index in [1.54, 1.807) is 35.1 Å². The van der Waals surface area contributed by atoms with Crippen LogP contribution < -0.4 is 4.90 Å². The third kappa shape index (κ3) is 3.46. The van der Waals surface area contributed by atoms with Crippen LogP contribution in [0.5, 0.6) is 0 Å². The molecule has 6 rings (SSSR count). The van der Waals surface area contributed by atoms with Crippen molar-refractivity contribution in [2.75, 3.05) is 23.0 Å². The zero-order valence-corrected chi connectivity index (χ0v) is 19.1. The molecule has 0 radical (unpaired) electrons. The predicted octanol–water partition coefficient (Wildman–Crippen LogP) is 2.29. The highest BCUT2D eigenvalue weighted by molar-refractivity contribution is 7.91. The molecule has 178 valence electrons. The zero-order chi connectivity index (χ0) is 24.4. The third-order valence-corrected chi connectivity index (χ3v) is 8.78. The van der Waals surface area contributed by atoms with Gasteiger partial charge in [0.1, 0.15) is 17.6 Å². The van der Waals surface area contributed by atoms with Crippen LogP contribution in [0.2, 0.25) is 0 Å². The first-order valence-electron chi connectivity index (χ1n) is 11.0. The quantitative estimate of drug-likeness (QED) is 0.501. The van der Waals surface area contributed by atoms with Crippen LogP contribution in [-0.2, 0) is 26.7 Å². The molecule has 10 nitrogen and oxygen atoms in total. The van der Waals surface area contributed by atoms with Crippen LogP contribution in [0.4, 0.5) is 14.9 Å². The van der Waals surface area contributed by atoms with Crippen LogP contribution in [0.25, 0.3) is 16.0 Å². The number of halogens is 1. The van der Waals surface area contributed by atoms with Gasteiger partial charge in [-0.3, -0.25) is 9.88 Å². The SMILES string of the molecule is [C-]#[N+]C1(c2ccc(-c3ccc(N4C[C@H](Cn5ccnn5)OC4=O)cc3F)cn2)[C@@H]2CS(=O)(=O)C[C@@H]21. The smallest absolute Gasteiger partial charge is 0.414 e. The summed E-state index contributed by atoms with van der Waals surface area (Å²) < 4.78 is 45.6. The number of aromatic nitrogens is 4. The van der Waals surface area contributed by atoms with E-state index in [9.17, 15) is 13.2 Å². The van der Waals surface area contributed by atoms with Crippen molar-refractivity contribution in [3.63, 3.8) is 0 Å². The number of pyridine rings is 1. The molecular weight excluding hydrogens is 475 g/mol. The van der Waals surface area contributed by atoms with E-state index in [0.717, 1.165) is 0 Å². The molecule has 3 fully saturated rings. The number of carbonyl (C=O) groups excluding carboxylic acids is 1. The van der Waals surface area contributed by atoms with Gasteiger partial charge in [0.25, 0.3) is 5.54 Å². The standard InChI is InChI=1S/C23H19FN6O4S/c1-25-23(18-12-35(32,33)13-19(18)23)21-5-2-14(9-26-21)17-4-3-15(8-20(17)24)30-11-16(34-22(30)31)10-29-7-6-27-28-29/h2-9,16,18-19H,10-13H2/t16-,18-,19+,23?/m0/s1. The molecule has 2 aliphatic heterocycles. The number of anilines is 1. The van der Waals surface area contributed by atoms with Gasteiger partial charge >= 0.3 is 6.09 Å². The van der Waals surface area contributed by atoms with Gasteiger partial charge in [-0.1, -0.05) is 11.3 Å². The highest BCUT2D eigenvalue weighted by Crippen LogP contribution is 2.65. The molecule has 1 unspecified atom stereocenters. The molecule has 0 bridgehead atoms. The molecule has 4 heterocycles. The van der Waals surface area contributed by atoms with Crippen LogP contribution >= 0.6 is 0 Å². The van der Waals surface area contributed by atoms with E-state index in [1.807, 2.05) is 0 Å². The fraction of sp³-hybridized carbons (Fsp3) is 0.348. The van der Waals surface area contributed by atoms with Crippen molar-refractivity contribution < 1.29 is 22.3 Å². The third-order valence-electron chi connectivity index (χ3n) is 7.05. The lowest BCUT2D eigenvalue weighted by atomic mass is 10.0. The van der Waals surface area contributed by atoms with Crippen molar-refractivity contribution in [3.05, 3.63) is 71.9 Å². The van der Waals surface area contributed by atoms with Gasteiger partial charge in [0.2, 0.25) is 0 Å². The van der Waals surface area contributed by atoms with Crippen molar-refractivity contribution in [2.45, 2.75) is 18.2 Å². The summed E-state index contributed by atoms with van der Waals surface area (Å²) in [5, 5.41) is 7.59. The first-order chi connectivity index (χ1) is 16.8. The van der Waals surface area contributed by atoms with Gasteiger partial charge in [0.15, 0.2) is 9.84 Å². The average molecular weight is 495 g/mol. The maximum absolute atomic E-state index is 15.1. The summed E-state index contributed by atoms with van der Waals surface area (Å²) in [6.45, 7) is 8.26. The topological polar surface area (TPSA) is 112 Å². The van der Waals surface area contributed by atoms with Gasteiger partial charge in [0.05, 0.1) is 48.3 Å². The van der Waals surface area contributed by atoms with Gasteiger partial charge in [-0.15, -0.1) is 5.10 Å². The zero-order valence-electron chi connectivity index (χ0n) is 18.3. The van der Waals surface area contributed by atoms with Crippen LogP contribution in [0.15, 0.2) is 48.9 Å². The molecule has 3 aromatic rings. The summed E-state index contributed by atoms with van der Waals surface area (Å²) in [6.07, 6.45) is 3.71. The Morgan fingerprint density at radius 1 is 1.23 bits per heavy atom. The molecule has 2 saturated heterocycles. The molecular formula is C23H19FN6O4S. The second-order valence-corrected chi connectivity index (χ2v) is 11.2. The van der Waals surface area contributed by atoms with E-state index >= 15 is 4.39 Å². The summed E-state index contributed by atoms with van der Waals surface area (Å²) in [4.78, 5) is 21.9. The van der Waals surface area contributed by atoms with Crippen LogP contribution in [0.1, 0.15) is 5.69 Å². The lowest BCUT2D eigenvalue weighted by Gasteiger charge is -2.15. The highest BCUT2D eigenvalue weighted by Gasteiger charge is 2.79. The van der Waals surface area contributed by atoms with Gasteiger partial charge in [0, 0.05) is 23.5 Å². The summed E-state index contributed by atoms with van der Waals surface area (Å²) in [5.74, 6) is -0.962. The van der Waals surface area contributed by atoms with Crippen LogP contribution in [-0.4, -0.2) is 58.6 Å². The molecule has 1 aromatic carbocycles. The van der Waals surface area contributed by atoms with Crippen molar-refractivity contribution in [3.8, 4) is 11.1 Å². The van der Waals surface area contributed by atoms with E-state index in [1.165, 1.54) is 23.4 Å². The lowest BCUT2D eigenvalue weighted by Crippen LogP contribution is -2.26. The molecule has 3 aliphatic rings. The van der Waals surface area contributed by atoms with Gasteiger partial charge in [-0.25, -0.2) is 28.9 Å². The van der Waals surface area contributed by atoms with E-state index in [2.05, 4.69) is 20.1 Å². The monoisotopic (exact) mass is 494 g/mol. The van der Waals surface area contributed by atoms with E-state index in [0.29, 0.717) is 29.1 Å². The number of carbonyl (C=O) groups is 1. The maximum atomic E-state index is 15.1. The van der Waals surface area contributed by atoms with Gasteiger partial charge in [-0.05, 0) is 24.3 Å². The number of cyclic esters (lactones) is 1. The van der Waals surface area contributed by atoms with E-state index < -0.39 is 33.4 Å². The Morgan fingerprint density at radius 3 is 2.66 bits per heavy atom. The molecule has 0 spiro atoms. The average Bonchev–Trinajstić information content (AvgIpc) is 3.29. The number of sulfone groups is 1. The van der Waals surface area contributed by atoms with Crippen molar-refractivity contribution >= 4 is 21.6 Å². The summed E-state index contributed by atoms with van der Waals surface area (Å²) >= 11 is 0. The van der Waals surface area contributed by atoms with Crippen LogP contribution in [0.3, 0.4) is 0 Å². The van der Waals surface area contributed by atoms with Crippen molar-refractivity contribution in [1.82, 2.24) is 20.0 Å². The second kappa shape index (κ2) is 7.58. The lowest BCUT2D eigenvalue weighted by molar-refractivity contribution is 0.129. The largest absolute Gasteiger partial charge is 0.442 e. The van der Waals surface area contributed by atoms with Gasteiger partial charge < -0.3 is 9.58 Å². The maximum Gasteiger partial charge on any atom is 0.414 e. The molecule has 2 aromatic heterocycles. The predicted molar refractivity (Wildman–Crippen MR) is 121 cm³/mol. The fourth-order valence-electron chi connectivity index (χ4n) is 5.29. The van der Waals surface area contributed by atoms with Crippen molar-refractivity contribution in [1.29, 1.82) is 0 Å². The Labute approximate surface area is 200 Å². The molecule has 1 saturated carbocycles. The normalized spacial score (nSPS) is 28.4. The minimum atomic E-state index is -3.09. The number of benzene rings is 1. The summed E-state index contributed by atoms with van der Waals surface area (Å²) in [5.41, 5.74) is 0.821. The first-order valence-corrected chi connectivity index (χ1v) is 12.8. The number of hydrogen-bond donors (Lipinski definition) is 0. The highest BCUT2D eigenvalue weighted by atomic mass is 32.2. The molecule has 12 heteroatoms. The van der Waals surface area contributed by atoms with Crippen LogP contribution in [0, 0.1) is 24.2 Å². The molecule has 1 aliphatic carbocycles. The Balaban J connectivity index is 1.19. The minimum Gasteiger partial charge on any atom is -0.442 e. The Bertz CT molecular complexity index is 1450.